The summed E-state index contributed by atoms with van der Waals surface area (Å²) in [5.41, 5.74) is 0.889. The molecule has 0 fully saturated rings. The maximum absolute atomic E-state index is 5.65. The fraction of sp³-hybridized carbons (Fsp3) is 0.0667. The Morgan fingerprint density at radius 3 is 3.21 bits per heavy atom. The van der Waals surface area contributed by atoms with Crippen molar-refractivity contribution in [3.63, 3.8) is 0 Å². The van der Waals surface area contributed by atoms with Crippen molar-refractivity contribution in [3.8, 4) is 0 Å². The van der Waals surface area contributed by atoms with Gasteiger partial charge in [-0.05, 0) is 23.8 Å². The van der Waals surface area contributed by atoms with Crippen LogP contribution in [0.15, 0.2) is 58.4 Å². The SMILES string of the molecule is C=C1/C=c2/cncc/c2=C/CC2=C(N=C=CN=C2)O1. The van der Waals surface area contributed by atoms with Crippen molar-refractivity contribution in [1.82, 2.24) is 4.98 Å². The van der Waals surface area contributed by atoms with Gasteiger partial charge in [-0.15, -0.1) is 0 Å². The third-order valence-corrected chi connectivity index (χ3v) is 2.78. The van der Waals surface area contributed by atoms with Crippen molar-refractivity contribution >= 4 is 24.2 Å². The summed E-state index contributed by atoms with van der Waals surface area (Å²) in [6.07, 6.45) is 11.4. The van der Waals surface area contributed by atoms with E-state index in [9.17, 15) is 0 Å². The number of pyridine rings is 1. The molecular weight excluding hydrogens is 238 g/mol. The van der Waals surface area contributed by atoms with Crippen LogP contribution in [0.1, 0.15) is 6.42 Å². The molecule has 0 radical (unpaired) electrons. The monoisotopic (exact) mass is 249 g/mol. The zero-order chi connectivity index (χ0) is 13.1. The molecule has 0 N–H and O–H groups in total. The minimum atomic E-state index is 0.482. The van der Waals surface area contributed by atoms with Crippen LogP contribution >= 0.6 is 0 Å². The quantitative estimate of drug-likeness (QED) is 0.690. The Balaban J connectivity index is 2.18. The van der Waals surface area contributed by atoms with Crippen LogP contribution in [0, 0.1) is 0 Å². The van der Waals surface area contributed by atoms with Crippen LogP contribution in [-0.2, 0) is 4.74 Å². The van der Waals surface area contributed by atoms with Gasteiger partial charge in [0.2, 0.25) is 5.88 Å². The smallest absolute Gasteiger partial charge is 0.232 e. The second kappa shape index (κ2) is 4.88. The van der Waals surface area contributed by atoms with Crippen LogP contribution in [0.25, 0.3) is 12.2 Å². The summed E-state index contributed by atoms with van der Waals surface area (Å²) in [6, 6.07) is 1.96. The third kappa shape index (κ3) is 2.44. The van der Waals surface area contributed by atoms with E-state index in [2.05, 4.69) is 33.5 Å². The highest BCUT2D eigenvalue weighted by atomic mass is 16.5. The fourth-order valence-corrected chi connectivity index (χ4v) is 1.87. The van der Waals surface area contributed by atoms with Crippen LogP contribution < -0.4 is 10.4 Å². The zero-order valence-electron chi connectivity index (χ0n) is 10.2. The normalized spacial score (nSPS) is 20.5. The van der Waals surface area contributed by atoms with Crippen LogP contribution in [0.3, 0.4) is 0 Å². The number of nitrogens with zero attached hydrogens (tertiary/aromatic N) is 3. The molecule has 0 aliphatic carbocycles. The fourth-order valence-electron chi connectivity index (χ4n) is 1.87. The predicted octanol–water partition coefficient (Wildman–Crippen LogP) is 1.06. The standard InChI is InChI=1S/C15H11N3O/c1-11-8-14-10-16-5-4-12(14)2-3-13-9-17-6-7-18-15(13)19-11/h2,4-6,8-10H,1,3H2/b12-2-,14-8-. The van der Waals surface area contributed by atoms with Crippen molar-refractivity contribution in [2.24, 2.45) is 9.98 Å². The van der Waals surface area contributed by atoms with Crippen molar-refractivity contribution < 1.29 is 4.74 Å². The predicted molar refractivity (Wildman–Crippen MR) is 74.8 cm³/mol. The number of fused-ring (bicyclic) bond motifs is 1. The Labute approximate surface area is 110 Å². The van der Waals surface area contributed by atoms with Crippen molar-refractivity contribution in [2.75, 3.05) is 0 Å². The van der Waals surface area contributed by atoms with Gasteiger partial charge < -0.3 is 4.74 Å². The van der Waals surface area contributed by atoms with E-state index in [1.165, 1.54) is 6.20 Å². The molecule has 0 bridgehead atoms. The lowest BCUT2D eigenvalue weighted by atomic mass is 10.1. The molecule has 0 atom stereocenters. The second-order valence-electron chi connectivity index (χ2n) is 4.10. The lowest BCUT2D eigenvalue weighted by Crippen LogP contribution is -2.24. The van der Waals surface area contributed by atoms with Crippen molar-refractivity contribution in [1.29, 1.82) is 0 Å². The molecule has 0 amide bonds. The summed E-state index contributed by atoms with van der Waals surface area (Å²) in [7, 11) is 0. The van der Waals surface area contributed by atoms with Gasteiger partial charge in [0.05, 0.1) is 6.20 Å². The van der Waals surface area contributed by atoms with E-state index in [0.29, 0.717) is 18.1 Å². The van der Waals surface area contributed by atoms with Crippen molar-refractivity contribution in [2.45, 2.75) is 6.42 Å². The Morgan fingerprint density at radius 2 is 2.26 bits per heavy atom. The summed E-state index contributed by atoms with van der Waals surface area (Å²) < 4.78 is 5.65. The molecule has 1 aromatic heterocycles. The zero-order valence-corrected chi connectivity index (χ0v) is 10.2. The first kappa shape index (κ1) is 11.4. The highest BCUT2D eigenvalue weighted by molar-refractivity contribution is 5.83. The molecule has 4 nitrogen and oxygen atoms in total. The van der Waals surface area contributed by atoms with Crippen LogP contribution in [0.4, 0.5) is 0 Å². The average molecular weight is 249 g/mol. The number of hydrogen-bond donors (Lipinski definition) is 0. The van der Waals surface area contributed by atoms with E-state index in [1.807, 2.05) is 12.1 Å². The first-order chi connectivity index (χ1) is 9.33. The highest BCUT2D eigenvalue weighted by Gasteiger charge is 2.08. The molecule has 2 aliphatic rings. The molecule has 3 rings (SSSR count). The lowest BCUT2D eigenvalue weighted by Gasteiger charge is -2.06. The number of hydrogen-bond acceptors (Lipinski definition) is 4. The first-order valence-electron chi connectivity index (χ1n) is 5.86. The first-order valence-corrected chi connectivity index (χ1v) is 5.86. The van der Waals surface area contributed by atoms with Gasteiger partial charge in [-0.3, -0.25) is 9.98 Å². The van der Waals surface area contributed by atoms with Crippen LogP contribution in [0.2, 0.25) is 0 Å². The number of ether oxygens (including phenoxy) is 1. The summed E-state index contributed by atoms with van der Waals surface area (Å²) in [5, 5.41) is 2.06. The molecule has 0 unspecified atom stereocenters. The summed E-state index contributed by atoms with van der Waals surface area (Å²) in [6.45, 7) is 3.88. The van der Waals surface area contributed by atoms with Gasteiger partial charge in [-0.1, -0.05) is 12.7 Å². The second-order valence-corrected chi connectivity index (χ2v) is 4.10. The summed E-state index contributed by atoms with van der Waals surface area (Å²) in [4.78, 5) is 12.3. The van der Waals surface area contributed by atoms with Gasteiger partial charge in [0.25, 0.3) is 0 Å². The van der Waals surface area contributed by atoms with Crippen molar-refractivity contribution in [3.05, 3.63) is 58.9 Å². The third-order valence-electron chi connectivity index (χ3n) is 2.78. The van der Waals surface area contributed by atoms with E-state index >= 15 is 0 Å². The molecule has 1 aromatic rings. The van der Waals surface area contributed by atoms with E-state index in [-0.39, 0.29) is 0 Å². The Morgan fingerprint density at radius 1 is 1.32 bits per heavy atom. The minimum absolute atomic E-state index is 0.482. The summed E-state index contributed by atoms with van der Waals surface area (Å²) in [5.74, 6) is 3.69. The van der Waals surface area contributed by atoms with Crippen LogP contribution in [-0.4, -0.2) is 17.1 Å². The van der Waals surface area contributed by atoms with Gasteiger partial charge in [-0.25, -0.2) is 0 Å². The molecule has 4 heteroatoms. The Hall–Kier alpha value is -2.71. The molecule has 92 valence electrons. The molecule has 0 saturated carbocycles. The topological polar surface area (TPSA) is 46.8 Å². The largest absolute Gasteiger partial charge is 0.439 e. The Kier molecular flexibility index (Phi) is 2.93. The number of rotatable bonds is 0. The van der Waals surface area contributed by atoms with Crippen LogP contribution in [0.5, 0.6) is 0 Å². The molecular formula is C15H11N3O. The number of aromatic nitrogens is 1. The number of aliphatic imine (C=N–C) groups is 2. The molecule has 3 heterocycles. The average Bonchev–Trinajstić information content (AvgIpc) is 2.59. The van der Waals surface area contributed by atoms with Gasteiger partial charge >= 0.3 is 0 Å². The van der Waals surface area contributed by atoms with Gasteiger partial charge in [0, 0.05) is 35.3 Å². The van der Waals surface area contributed by atoms with Gasteiger partial charge in [0.15, 0.2) is 0 Å². The van der Waals surface area contributed by atoms with Gasteiger partial charge in [-0.2, -0.15) is 4.99 Å². The summed E-state index contributed by atoms with van der Waals surface area (Å²) >= 11 is 0. The number of allylic oxidation sites excluding steroid dienone is 2. The molecule has 0 spiro atoms. The van der Waals surface area contributed by atoms with E-state index in [1.54, 1.807) is 18.6 Å². The lowest BCUT2D eigenvalue weighted by molar-refractivity contribution is 0.323. The molecule has 0 aromatic carbocycles. The highest BCUT2D eigenvalue weighted by Crippen LogP contribution is 2.16. The molecule has 19 heavy (non-hydrogen) atoms. The Bertz CT molecular complexity index is 778. The van der Waals surface area contributed by atoms with E-state index < -0.39 is 0 Å². The maximum atomic E-state index is 5.65. The maximum Gasteiger partial charge on any atom is 0.232 e. The van der Waals surface area contributed by atoms with E-state index in [4.69, 9.17) is 4.74 Å². The van der Waals surface area contributed by atoms with E-state index in [0.717, 1.165) is 16.0 Å². The van der Waals surface area contributed by atoms with Gasteiger partial charge in [0.1, 0.15) is 5.76 Å². The molecule has 0 saturated heterocycles. The minimum Gasteiger partial charge on any atom is -0.439 e. The molecule has 2 aliphatic heterocycles.